The Kier molecular flexibility index (Phi) is 3.39. The number of anilines is 1. The van der Waals surface area contributed by atoms with Gasteiger partial charge in [-0.25, -0.2) is 4.98 Å². The molecule has 0 unspecified atom stereocenters. The molecule has 0 saturated carbocycles. The zero-order chi connectivity index (χ0) is 12.3. The monoisotopic (exact) mass is 233 g/mol. The standard InChI is InChI=1S/C12H15N3O2/c1-8(16)14-11-4-3-10-12(15-11)9(7-17-10)5-6-13-2/h3-4,7,13H,5-6H2,1-2H3,(H,14,15,16). The minimum atomic E-state index is -0.128. The lowest BCUT2D eigenvalue weighted by Gasteiger charge is -2.01. The molecule has 0 aliphatic heterocycles. The molecule has 0 fully saturated rings. The van der Waals surface area contributed by atoms with Crippen LogP contribution in [-0.2, 0) is 11.2 Å². The fourth-order valence-corrected chi connectivity index (χ4v) is 1.65. The molecule has 2 N–H and O–H groups in total. The molecule has 0 atom stereocenters. The first kappa shape index (κ1) is 11.6. The first-order valence-electron chi connectivity index (χ1n) is 5.50. The van der Waals surface area contributed by atoms with Crippen LogP contribution in [0.5, 0.6) is 0 Å². The molecule has 2 aromatic heterocycles. The Hall–Kier alpha value is -1.88. The van der Waals surface area contributed by atoms with E-state index in [1.807, 2.05) is 13.1 Å². The summed E-state index contributed by atoms with van der Waals surface area (Å²) in [5, 5.41) is 5.74. The van der Waals surface area contributed by atoms with Gasteiger partial charge in [0.15, 0.2) is 5.58 Å². The summed E-state index contributed by atoms with van der Waals surface area (Å²) in [7, 11) is 1.90. The second kappa shape index (κ2) is 4.97. The van der Waals surface area contributed by atoms with Gasteiger partial charge < -0.3 is 15.1 Å². The summed E-state index contributed by atoms with van der Waals surface area (Å²) >= 11 is 0. The van der Waals surface area contributed by atoms with Crippen LogP contribution in [0.4, 0.5) is 5.82 Å². The number of rotatable bonds is 4. The Morgan fingerprint density at radius 1 is 1.47 bits per heavy atom. The number of nitrogens with one attached hydrogen (secondary N) is 2. The lowest BCUT2D eigenvalue weighted by molar-refractivity contribution is -0.114. The van der Waals surface area contributed by atoms with Gasteiger partial charge >= 0.3 is 0 Å². The third kappa shape index (κ3) is 2.62. The van der Waals surface area contributed by atoms with Crippen molar-refractivity contribution in [1.29, 1.82) is 0 Å². The largest absolute Gasteiger partial charge is 0.462 e. The van der Waals surface area contributed by atoms with E-state index in [0.717, 1.165) is 29.6 Å². The summed E-state index contributed by atoms with van der Waals surface area (Å²) < 4.78 is 5.40. The molecule has 0 aliphatic rings. The fourth-order valence-electron chi connectivity index (χ4n) is 1.65. The van der Waals surface area contributed by atoms with Crippen molar-refractivity contribution in [3.05, 3.63) is 24.0 Å². The highest BCUT2D eigenvalue weighted by Crippen LogP contribution is 2.21. The molecule has 2 rings (SSSR count). The number of furan rings is 1. The Morgan fingerprint density at radius 3 is 3.00 bits per heavy atom. The van der Waals surface area contributed by atoms with Gasteiger partial charge in [-0.2, -0.15) is 0 Å². The molecule has 0 spiro atoms. The predicted octanol–water partition coefficient (Wildman–Crippen LogP) is 1.55. The van der Waals surface area contributed by atoms with Gasteiger partial charge in [0.2, 0.25) is 5.91 Å². The number of carbonyl (C=O) groups excluding carboxylic acids is 1. The van der Waals surface area contributed by atoms with E-state index < -0.39 is 0 Å². The highest BCUT2D eigenvalue weighted by Gasteiger charge is 2.08. The second-order valence-electron chi connectivity index (χ2n) is 3.84. The molecule has 0 radical (unpaired) electrons. The van der Waals surface area contributed by atoms with Crippen LogP contribution in [0, 0.1) is 0 Å². The molecule has 0 saturated heterocycles. The molecular formula is C12H15N3O2. The van der Waals surface area contributed by atoms with Gasteiger partial charge in [0, 0.05) is 12.5 Å². The molecule has 0 bridgehead atoms. The van der Waals surface area contributed by atoms with E-state index in [9.17, 15) is 4.79 Å². The van der Waals surface area contributed by atoms with E-state index in [0.29, 0.717) is 5.82 Å². The molecule has 1 amide bonds. The summed E-state index contributed by atoms with van der Waals surface area (Å²) in [5.41, 5.74) is 2.60. The van der Waals surface area contributed by atoms with Crippen molar-refractivity contribution in [3.63, 3.8) is 0 Å². The van der Waals surface area contributed by atoms with Crippen molar-refractivity contribution in [3.8, 4) is 0 Å². The molecule has 2 aromatic rings. The molecule has 0 aliphatic carbocycles. The van der Waals surface area contributed by atoms with Crippen LogP contribution in [0.2, 0.25) is 0 Å². The smallest absolute Gasteiger partial charge is 0.222 e. The van der Waals surface area contributed by atoms with Crippen LogP contribution in [0.1, 0.15) is 12.5 Å². The van der Waals surface area contributed by atoms with Crippen LogP contribution in [-0.4, -0.2) is 24.5 Å². The number of fused-ring (bicyclic) bond motifs is 1. The molecule has 0 aromatic carbocycles. The maximum atomic E-state index is 11.0. The van der Waals surface area contributed by atoms with Gasteiger partial charge in [0.25, 0.3) is 0 Å². The second-order valence-corrected chi connectivity index (χ2v) is 3.84. The summed E-state index contributed by atoms with van der Waals surface area (Å²) in [5.74, 6) is 0.425. The van der Waals surface area contributed by atoms with Gasteiger partial charge in [0.05, 0.1) is 6.26 Å². The van der Waals surface area contributed by atoms with Crippen molar-refractivity contribution in [2.75, 3.05) is 18.9 Å². The number of aromatic nitrogens is 1. The maximum absolute atomic E-state index is 11.0. The van der Waals surface area contributed by atoms with E-state index in [1.54, 1.807) is 12.3 Å². The van der Waals surface area contributed by atoms with Gasteiger partial charge in [0.1, 0.15) is 11.3 Å². The average Bonchev–Trinajstić information content (AvgIpc) is 2.68. The number of carbonyl (C=O) groups is 1. The summed E-state index contributed by atoms with van der Waals surface area (Å²) in [6.07, 6.45) is 2.56. The van der Waals surface area contributed by atoms with Crippen molar-refractivity contribution >= 4 is 22.8 Å². The number of likely N-dealkylation sites (N-methyl/N-ethyl adjacent to an activating group) is 1. The van der Waals surface area contributed by atoms with Gasteiger partial charge in [-0.1, -0.05) is 0 Å². The van der Waals surface area contributed by atoms with Crippen molar-refractivity contribution in [2.45, 2.75) is 13.3 Å². The third-order valence-corrected chi connectivity index (χ3v) is 2.44. The van der Waals surface area contributed by atoms with Gasteiger partial charge in [-0.3, -0.25) is 4.79 Å². The van der Waals surface area contributed by atoms with E-state index in [4.69, 9.17) is 4.42 Å². The van der Waals surface area contributed by atoms with Crippen molar-refractivity contribution < 1.29 is 9.21 Å². The summed E-state index contributed by atoms with van der Waals surface area (Å²) in [4.78, 5) is 15.3. The van der Waals surface area contributed by atoms with Crippen LogP contribution < -0.4 is 10.6 Å². The van der Waals surface area contributed by atoms with Crippen LogP contribution in [0.3, 0.4) is 0 Å². The van der Waals surface area contributed by atoms with Gasteiger partial charge in [-0.05, 0) is 32.1 Å². The van der Waals surface area contributed by atoms with Crippen LogP contribution in [0.15, 0.2) is 22.8 Å². The zero-order valence-corrected chi connectivity index (χ0v) is 9.91. The van der Waals surface area contributed by atoms with Crippen LogP contribution in [0.25, 0.3) is 11.1 Å². The molecule has 5 heteroatoms. The number of pyridine rings is 1. The number of nitrogens with zero attached hydrogens (tertiary/aromatic N) is 1. The molecule has 2 heterocycles. The average molecular weight is 233 g/mol. The number of amides is 1. The quantitative estimate of drug-likeness (QED) is 0.840. The van der Waals surface area contributed by atoms with E-state index >= 15 is 0 Å². The van der Waals surface area contributed by atoms with Crippen molar-refractivity contribution in [1.82, 2.24) is 10.3 Å². The molecule has 17 heavy (non-hydrogen) atoms. The minimum Gasteiger partial charge on any atom is -0.462 e. The first-order valence-corrected chi connectivity index (χ1v) is 5.50. The summed E-state index contributed by atoms with van der Waals surface area (Å²) in [6, 6.07) is 3.55. The normalized spacial score (nSPS) is 10.7. The van der Waals surface area contributed by atoms with Crippen molar-refractivity contribution in [2.24, 2.45) is 0 Å². The zero-order valence-electron chi connectivity index (χ0n) is 9.91. The number of hydrogen-bond donors (Lipinski definition) is 2. The maximum Gasteiger partial charge on any atom is 0.222 e. The molecular weight excluding hydrogens is 218 g/mol. The third-order valence-electron chi connectivity index (χ3n) is 2.44. The highest BCUT2D eigenvalue weighted by atomic mass is 16.3. The van der Waals surface area contributed by atoms with Gasteiger partial charge in [-0.15, -0.1) is 0 Å². The molecule has 90 valence electrons. The number of hydrogen-bond acceptors (Lipinski definition) is 4. The Balaban J connectivity index is 2.32. The van der Waals surface area contributed by atoms with E-state index in [1.165, 1.54) is 6.92 Å². The lowest BCUT2D eigenvalue weighted by Crippen LogP contribution is -2.10. The SMILES string of the molecule is CNCCc1coc2ccc(NC(C)=O)nc12. The predicted molar refractivity (Wildman–Crippen MR) is 65.9 cm³/mol. The molecule has 5 nitrogen and oxygen atoms in total. The van der Waals surface area contributed by atoms with Crippen LogP contribution >= 0.6 is 0 Å². The minimum absolute atomic E-state index is 0.128. The highest BCUT2D eigenvalue weighted by molar-refractivity contribution is 5.89. The Morgan fingerprint density at radius 2 is 2.29 bits per heavy atom. The lowest BCUT2D eigenvalue weighted by atomic mass is 10.2. The van der Waals surface area contributed by atoms with E-state index in [-0.39, 0.29) is 5.91 Å². The van der Waals surface area contributed by atoms with E-state index in [2.05, 4.69) is 15.6 Å². The topological polar surface area (TPSA) is 67.2 Å². The Bertz CT molecular complexity index is 534. The summed E-state index contributed by atoms with van der Waals surface area (Å²) in [6.45, 7) is 2.32. The fraction of sp³-hybridized carbons (Fsp3) is 0.333. The Labute approximate surface area is 99.2 Å². The first-order chi connectivity index (χ1) is 8.20.